The van der Waals surface area contributed by atoms with E-state index in [-0.39, 0.29) is 17.3 Å². The second-order valence-electron chi connectivity index (χ2n) is 7.82. The van der Waals surface area contributed by atoms with Gasteiger partial charge in [-0.25, -0.2) is 13.6 Å². The number of sulfonamides is 1. The summed E-state index contributed by atoms with van der Waals surface area (Å²) in [5, 5.41) is 7.94. The molecule has 0 spiro atoms. The molecule has 1 saturated heterocycles. The topological polar surface area (TPSA) is 95.7 Å². The third-order valence-electron chi connectivity index (χ3n) is 5.52. The van der Waals surface area contributed by atoms with Crippen LogP contribution in [0.15, 0.2) is 41.3 Å². The summed E-state index contributed by atoms with van der Waals surface area (Å²) in [6, 6.07) is 7.98. The molecule has 2 aromatic carbocycles. The fourth-order valence-corrected chi connectivity index (χ4v) is 4.18. The molecule has 0 aromatic heterocycles. The normalized spacial score (nSPS) is 15.6. The minimum absolute atomic E-state index is 0.0779. The molecule has 0 saturated carbocycles. The number of primary sulfonamides is 1. The standard InChI is InChI=1S/C21H25F3N4O3S/c1-14-10-18(32(25,30)31)12-19(15(14)2)26-20(29)13-27-6-8-28(9-7-27)17-5-3-4-16(11-17)21(22,23)24/h3-5,10-12H,6-9,13H2,1-2H3,(H,26,29)(H2,25,30,31). The summed E-state index contributed by atoms with van der Waals surface area (Å²) in [5.41, 5.74) is 1.60. The van der Waals surface area contributed by atoms with Gasteiger partial charge in [0.25, 0.3) is 0 Å². The van der Waals surface area contributed by atoms with Crippen LogP contribution in [0.5, 0.6) is 0 Å². The van der Waals surface area contributed by atoms with Crippen molar-refractivity contribution in [2.24, 2.45) is 5.14 Å². The average molecular weight is 471 g/mol. The molecule has 1 aliphatic heterocycles. The van der Waals surface area contributed by atoms with Gasteiger partial charge in [-0.05, 0) is 55.3 Å². The van der Waals surface area contributed by atoms with Gasteiger partial charge in [0.2, 0.25) is 15.9 Å². The largest absolute Gasteiger partial charge is 0.416 e. The number of halogens is 3. The van der Waals surface area contributed by atoms with Gasteiger partial charge >= 0.3 is 6.18 Å². The van der Waals surface area contributed by atoms with Crippen molar-refractivity contribution >= 4 is 27.3 Å². The van der Waals surface area contributed by atoms with Crippen LogP contribution in [0.1, 0.15) is 16.7 Å². The minimum Gasteiger partial charge on any atom is -0.369 e. The van der Waals surface area contributed by atoms with Gasteiger partial charge in [0, 0.05) is 37.6 Å². The highest BCUT2D eigenvalue weighted by Gasteiger charge is 2.31. The Morgan fingerprint density at radius 1 is 1.09 bits per heavy atom. The number of amides is 1. The summed E-state index contributed by atoms with van der Waals surface area (Å²) in [6.45, 7) is 5.53. The number of rotatable bonds is 5. The van der Waals surface area contributed by atoms with E-state index < -0.39 is 21.8 Å². The molecule has 3 rings (SSSR count). The Labute approximate surface area is 185 Å². The van der Waals surface area contributed by atoms with Crippen molar-refractivity contribution in [2.45, 2.75) is 24.9 Å². The van der Waals surface area contributed by atoms with E-state index in [1.54, 1.807) is 19.9 Å². The minimum atomic E-state index is -4.40. The zero-order chi connectivity index (χ0) is 23.7. The maximum atomic E-state index is 13.0. The van der Waals surface area contributed by atoms with Crippen LogP contribution in [0, 0.1) is 13.8 Å². The van der Waals surface area contributed by atoms with Gasteiger partial charge in [-0.2, -0.15) is 13.2 Å². The molecule has 1 fully saturated rings. The first-order valence-corrected chi connectivity index (χ1v) is 11.5. The van der Waals surface area contributed by atoms with Crippen molar-refractivity contribution in [2.75, 3.05) is 42.9 Å². The molecule has 174 valence electrons. The maximum Gasteiger partial charge on any atom is 0.416 e. The molecular weight excluding hydrogens is 445 g/mol. The third kappa shape index (κ3) is 5.78. The molecule has 1 aliphatic rings. The molecular formula is C21H25F3N4O3S. The van der Waals surface area contributed by atoms with Crippen LogP contribution >= 0.6 is 0 Å². The first kappa shape index (κ1) is 24.0. The first-order chi connectivity index (χ1) is 14.8. The van der Waals surface area contributed by atoms with Crippen molar-refractivity contribution in [1.29, 1.82) is 0 Å². The number of benzene rings is 2. The number of anilines is 2. The fraction of sp³-hybridized carbons (Fsp3) is 0.381. The molecule has 0 aliphatic carbocycles. The highest BCUT2D eigenvalue weighted by molar-refractivity contribution is 7.89. The van der Waals surface area contributed by atoms with Gasteiger partial charge in [0.1, 0.15) is 0 Å². The number of carbonyl (C=O) groups excluding carboxylic acids is 1. The van der Waals surface area contributed by atoms with Gasteiger partial charge in [-0.3, -0.25) is 9.69 Å². The molecule has 3 N–H and O–H groups in total. The lowest BCUT2D eigenvalue weighted by Crippen LogP contribution is -2.48. The zero-order valence-electron chi connectivity index (χ0n) is 17.7. The Balaban J connectivity index is 1.61. The molecule has 1 heterocycles. The smallest absolute Gasteiger partial charge is 0.369 e. The molecule has 0 bridgehead atoms. The van der Waals surface area contributed by atoms with Crippen LogP contribution in [-0.4, -0.2) is 51.9 Å². The number of carbonyl (C=O) groups is 1. The van der Waals surface area contributed by atoms with Crippen molar-refractivity contribution in [3.05, 3.63) is 53.1 Å². The van der Waals surface area contributed by atoms with Crippen molar-refractivity contribution in [3.8, 4) is 0 Å². The van der Waals surface area contributed by atoms with E-state index in [1.165, 1.54) is 18.2 Å². The number of alkyl halides is 3. The quantitative estimate of drug-likeness (QED) is 0.701. The van der Waals surface area contributed by atoms with E-state index in [2.05, 4.69) is 5.32 Å². The van der Waals surface area contributed by atoms with E-state index in [9.17, 15) is 26.4 Å². The molecule has 32 heavy (non-hydrogen) atoms. The fourth-order valence-electron chi connectivity index (χ4n) is 3.56. The highest BCUT2D eigenvalue weighted by Crippen LogP contribution is 2.32. The molecule has 0 radical (unpaired) electrons. The summed E-state index contributed by atoms with van der Waals surface area (Å²) < 4.78 is 62.2. The van der Waals surface area contributed by atoms with E-state index in [0.29, 0.717) is 43.1 Å². The summed E-state index contributed by atoms with van der Waals surface area (Å²) >= 11 is 0. The van der Waals surface area contributed by atoms with Gasteiger partial charge in [0.15, 0.2) is 0 Å². The molecule has 7 nitrogen and oxygen atoms in total. The summed E-state index contributed by atoms with van der Waals surface area (Å²) in [4.78, 5) is 16.2. The number of nitrogens with one attached hydrogen (secondary N) is 1. The predicted molar refractivity (Wildman–Crippen MR) is 116 cm³/mol. The predicted octanol–water partition coefficient (Wildman–Crippen LogP) is 2.73. The van der Waals surface area contributed by atoms with Gasteiger partial charge in [0.05, 0.1) is 17.0 Å². The van der Waals surface area contributed by atoms with Crippen LogP contribution in [-0.2, 0) is 21.0 Å². The second-order valence-corrected chi connectivity index (χ2v) is 9.38. The Morgan fingerprint density at radius 3 is 2.34 bits per heavy atom. The van der Waals surface area contributed by atoms with E-state index in [4.69, 9.17) is 5.14 Å². The lowest BCUT2D eigenvalue weighted by Gasteiger charge is -2.36. The van der Waals surface area contributed by atoms with Crippen LogP contribution in [0.3, 0.4) is 0 Å². The number of nitrogens with zero attached hydrogens (tertiary/aromatic N) is 2. The Morgan fingerprint density at radius 2 is 1.75 bits per heavy atom. The second kappa shape index (κ2) is 9.08. The number of piperazine rings is 1. The van der Waals surface area contributed by atoms with E-state index in [0.717, 1.165) is 17.7 Å². The molecule has 2 aromatic rings. The van der Waals surface area contributed by atoms with Gasteiger partial charge in [-0.15, -0.1) is 0 Å². The summed E-state index contributed by atoms with van der Waals surface area (Å²) in [5.74, 6) is -0.313. The molecule has 0 atom stereocenters. The number of aryl methyl sites for hydroxylation is 1. The average Bonchev–Trinajstić information content (AvgIpc) is 2.70. The number of nitrogens with two attached hydrogens (primary N) is 1. The monoisotopic (exact) mass is 470 g/mol. The number of hydrogen-bond donors (Lipinski definition) is 2. The molecule has 0 unspecified atom stereocenters. The summed E-state index contributed by atoms with van der Waals surface area (Å²) in [6.07, 6.45) is -4.40. The van der Waals surface area contributed by atoms with E-state index >= 15 is 0 Å². The van der Waals surface area contributed by atoms with Crippen LogP contribution in [0.25, 0.3) is 0 Å². The van der Waals surface area contributed by atoms with Gasteiger partial charge in [-0.1, -0.05) is 6.07 Å². The highest BCUT2D eigenvalue weighted by atomic mass is 32.2. The van der Waals surface area contributed by atoms with E-state index in [1.807, 2.05) is 9.80 Å². The lowest BCUT2D eigenvalue weighted by molar-refractivity contribution is -0.137. The SMILES string of the molecule is Cc1cc(S(N)(=O)=O)cc(NC(=O)CN2CCN(c3cccc(C(F)(F)F)c3)CC2)c1C. The van der Waals surface area contributed by atoms with Crippen LogP contribution in [0.4, 0.5) is 24.5 Å². The zero-order valence-corrected chi connectivity index (χ0v) is 18.6. The van der Waals surface area contributed by atoms with Crippen LogP contribution < -0.4 is 15.4 Å². The van der Waals surface area contributed by atoms with Crippen molar-refractivity contribution in [1.82, 2.24) is 4.90 Å². The Kier molecular flexibility index (Phi) is 6.82. The Hall–Kier alpha value is -2.63. The summed E-state index contributed by atoms with van der Waals surface area (Å²) in [7, 11) is -3.91. The molecule has 11 heteroatoms. The van der Waals surface area contributed by atoms with Crippen molar-refractivity contribution < 1.29 is 26.4 Å². The lowest BCUT2D eigenvalue weighted by atomic mass is 10.1. The Bertz CT molecular complexity index is 1110. The van der Waals surface area contributed by atoms with Crippen molar-refractivity contribution in [3.63, 3.8) is 0 Å². The third-order valence-corrected chi connectivity index (χ3v) is 6.41. The van der Waals surface area contributed by atoms with Crippen LogP contribution in [0.2, 0.25) is 0 Å². The van der Waals surface area contributed by atoms with Gasteiger partial charge < -0.3 is 10.2 Å². The first-order valence-electron chi connectivity index (χ1n) is 9.93. The maximum absolute atomic E-state index is 13.0. The number of hydrogen-bond acceptors (Lipinski definition) is 5. The molecule has 1 amide bonds.